The van der Waals surface area contributed by atoms with Crippen LogP contribution in [0.3, 0.4) is 0 Å². The zero-order valence-corrected chi connectivity index (χ0v) is 20.0. The summed E-state index contributed by atoms with van der Waals surface area (Å²) in [5, 5.41) is 16.9. The number of nitrogens with one attached hydrogen (secondary N) is 1. The van der Waals surface area contributed by atoms with E-state index >= 15 is 0 Å². The van der Waals surface area contributed by atoms with Crippen molar-refractivity contribution in [3.05, 3.63) is 83.0 Å². The Bertz CT molecular complexity index is 1440. The van der Waals surface area contributed by atoms with Gasteiger partial charge in [0, 0.05) is 43.1 Å². The number of aromatic nitrogens is 2. The molecule has 1 aromatic heterocycles. The Hall–Kier alpha value is -4.53. The lowest BCUT2D eigenvalue weighted by molar-refractivity contribution is 0.0749. The van der Waals surface area contributed by atoms with E-state index in [0.717, 1.165) is 33.4 Å². The lowest BCUT2D eigenvalue weighted by atomic mass is 10.1. The van der Waals surface area contributed by atoms with Gasteiger partial charge in [0.15, 0.2) is 0 Å². The number of ether oxygens (including phenoxy) is 2. The molecule has 0 fully saturated rings. The zero-order valence-electron chi connectivity index (χ0n) is 20.0. The van der Waals surface area contributed by atoms with E-state index in [4.69, 9.17) is 19.7 Å². The molecule has 184 valence electrons. The van der Waals surface area contributed by atoms with Crippen LogP contribution in [0.5, 0.6) is 11.5 Å². The second-order valence-corrected chi connectivity index (χ2v) is 8.54. The highest BCUT2D eigenvalue weighted by Gasteiger charge is 2.28. The molecule has 0 saturated heterocycles. The number of rotatable bonds is 7. The first kappa shape index (κ1) is 23.2. The van der Waals surface area contributed by atoms with Gasteiger partial charge in [-0.15, -0.1) is 0 Å². The molecule has 0 unspecified atom stereocenters. The van der Waals surface area contributed by atoms with Crippen molar-refractivity contribution >= 4 is 22.9 Å². The van der Waals surface area contributed by atoms with Gasteiger partial charge in [0.1, 0.15) is 11.5 Å². The van der Waals surface area contributed by atoms with Crippen LogP contribution in [-0.4, -0.2) is 52.6 Å². The Labute approximate surface area is 207 Å². The first-order chi connectivity index (χ1) is 17.5. The quantitative estimate of drug-likeness (QED) is 0.409. The molecule has 1 aliphatic heterocycles. The molecular weight excluding hydrogens is 460 g/mol. The topological polar surface area (TPSA) is 106 Å². The molecular formula is C27H26N4O5. The van der Waals surface area contributed by atoms with Crippen molar-refractivity contribution < 1.29 is 24.2 Å². The van der Waals surface area contributed by atoms with Gasteiger partial charge in [-0.2, -0.15) is 5.10 Å². The smallest absolute Gasteiger partial charge is 0.404 e. The van der Waals surface area contributed by atoms with Gasteiger partial charge in [-0.05, 0) is 42.0 Å². The molecule has 0 spiro atoms. The minimum absolute atomic E-state index is 0.0492. The number of carbonyl (C=O) groups excluding carboxylic acids is 1. The standard InChI is InChI=1S/C27H26N4O5/c1-35-20-11-8-18(24(14-20)36-2)16-30-13-12-23-25-21(26(30)32)4-3-5-22(25)29-31(23)19-9-6-17(7-10-19)15-28-27(33)34/h3-11,14,28H,12-13,15-16H2,1-2H3,(H,33,34). The predicted molar refractivity (Wildman–Crippen MR) is 134 cm³/mol. The van der Waals surface area contributed by atoms with Crippen molar-refractivity contribution in [1.82, 2.24) is 20.0 Å². The van der Waals surface area contributed by atoms with Gasteiger partial charge in [-0.25, -0.2) is 9.48 Å². The first-order valence-electron chi connectivity index (χ1n) is 11.6. The van der Waals surface area contributed by atoms with Crippen molar-refractivity contribution in [1.29, 1.82) is 0 Å². The Kier molecular flexibility index (Phi) is 6.20. The molecule has 2 amide bonds. The second kappa shape index (κ2) is 9.61. The summed E-state index contributed by atoms with van der Waals surface area (Å²) in [5.74, 6) is 1.32. The molecule has 0 radical (unpaired) electrons. The van der Waals surface area contributed by atoms with Crippen LogP contribution in [-0.2, 0) is 19.5 Å². The Morgan fingerprint density at radius 3 is 2.61 bits per heavy atom. The first-order valence-corrected chi connectivity index (χ1v) is 11.6. The maximum Gasteiger partial charge on any atom is 0.404 e. The van der Waals surface area contributed by atoms with E-state index in [-0.39, 0.29) is 12.5 Å². The number of methoxy groups -OCH3 is 2. The summed E-state index contributed by atoms with van der Waals surface area (Å²) in [5.41, 5.74) is 4.95. The van der Waals surface area contributed by atoms with Crippen molar-refractivity contribution in [2.24, 2.45) is 0 Å². The van der Waals surface area contributed by atoms with E-state index in [1.165, 1.54) is 0 Å². The highest BCUT2D eigenvalue weighted by atomic mass is 16.5. The summed E-state index contributed by atoms with van der Waals surface area (Å²) < 4.78 is 12.7. The van der Waals surface area contributed by atoms with Crippen LogP contribution in [0.1, 0.15) is 27.2 Å². The molecule has 3 aromatic carbocycles. The molecule has 2 heterocycles. The second-order valence-electron chi connectivity index (χ2n) is 8.54. The SMILES string of the molecule is COc1ccc(CN2CCc3c4c(cccc4nn3-c3ccc(CNC(=O)O)cc3)C2=O)c(OC)c1. The maximum atomic E-state index is 13.6. The van der Waals surface area contributed by atoms with Crippen molar-refractivity contribution in [2.45, 2.75) is 19.5 Å². The molecule has 2 N–H and O–H groups in total. The molecule has 1 aliphatic rings. The normalized spacial score (nSPS) is 12.9. The van der Waals surface area contributed by atoms with Gasteiger partial charge in [0.05, 0.1) is 36.7 Å². The molecule has 36 heavy (non-hydrogen) atoms. The average molecular weight is 487 g/mol. The van der Waals surface area contributed by atoms with Crippen LogP contribution < -0.4 is 14.8 Å². The van der Waals surface area contributed by atoms with Crippen LogP contribution in [0, 0.1) is 0 Å². The third kappa shape index (κ3) is 4.31. The largest absolute Gasteiger partial charge is 0.497 e. The Morgan fingerprint density at radius 1 is 1.08 bits per heavy atom. The fourth-order valence-corrected chi connectivity index (χ4v) is 4.61. The monoisotopic (exact) mass is 486 g/mol. The fourth-order valence-electron chi connectivity index (χ4n) is 4.61. The Balaban J connectivity index is 1.47. The van der Waals surface area contributed by atoms with E-state index in [1.807, 2.05) is 70.2 Å². The van der Waals surface area contributed by atoms with E-state index < -0.39 is 6.09 Å². The van der Waals surface area contributed by atoms with Crippen LogP contribution in [0.4, 0.5) is 4.79 Å². The van der Waals surface area contributed by atoms with Crippen molar-refractivity contribution in [3.63, 3.8) is 0 Å². The van der Waals surface area contributed by atoms with Gasteiger partial charge in [-0.3, -0.25) is 4.79 Å². The highest BCUT2D eigenvalue weighted by Crippen LogP contribution is 2.32. The molecule has 0 atom stereocenters. The summed E-state index contributed by atoms with van der Waals surface area (Å²) in [6, 6.07) is 18.8. The number of benzene rings is 3. The summed E-state index contributed by atoms with van der Waals surface area (Å²) in [6.45, 7) is 1.15. The number of hydrogen-bond donors (Lipinski definition) is 2. The maximum absolute atomic E-state index is 13.6. The number of carboxylic acid groups (broad SMARTS) is 1. The highest BCUT2D eigenvalue weighted by molar-refractivity contribution is 6.08. The molecule has 0 bridgehead atoms. The lowest BCUT2D eigenvalue weighted by Gasteiger charge is -2.23. The lowest BCUT2D eigenvalue weighted by Crippen LogP contribution is -2.31. The van der Waals surface area contributed by atoms with Crippen LogP contribution in [0.15, 0.2) is 60.7 Å². The minimum Gasteiger partial charge on any atom is -0.497 e. The summed E-state index contributed by atoms with van der Waals surface area (Å²) in [7, 11) is 3.21. The van der Waals surface area contributed by atoms with Crippen LogP contribution in [0.25, 0.3) is 16.6 Å². The fraction of sp³-hybridized carbons (Fsp3) is 0.222. The summed E-state index contributed by atoms with van der Waals surface area (Å²) in [6.07, 6.45) is -0.438. The Morgan fingerprint density at radius 2 is 1.89 bits per heavy atom. The van der Waals surface area contributed by atoms with Crippen LogP contribution >= 0.6 is 0 Å². The number of amides is 2. The van der Waals surface area contributed by atoms with E-state index in [1.54, 1.807) is 14.2 Å². The van der Waals surface area contributed by atoms with Gasteiger partial charge in [0.2, 0.25) is 0 Å². The van der Waals surface area contributed by atoms with Gasteiger partial charge in [0.25, 0.3) is 5.91 Å². The molecule has 4 aromatic rings. The van der Waals surface area contributed by atoms with Gasteiger partial charge in [-0.1, -0.05) is 18.2 Å². The van der Waals surface area contributed by atoms with E-state index in [0.29, 0.717) is 36.6 Å². The summed E-state index contributed by atoms with van der Waals surface area (Å²) >= 11 is 0. The molecule has 0 aliphatic carbocycles. The van der Waals surface area contributed by atoms with E-state index in [2.05, 4.69) is 5.32 Å². The van der Waals surface area contributed by atoms with Gasteiger partial charge >= 0.3 is 6.09 Å². The van der Waals surface area contributed by atoms with Crippen LogP contribution in [0.2, 0.25) is 0 Å². The minimum atomic E-state index is -1.06. The van der Waals surface area contributed by atoms with Crippen molar-refractivity contribution in [2.75, 3.05) is 20.8 Å². The average Bonchev–Trinajstić information content (AvgIpc) is 3.21. The molecule has 9 heteroatoms. The summed E-state index contributed by atoms with van der Waals surface area (Å²) in [4.78, 5) is 26.3. The van der Waals surface area contributed by atoms with Gasteiger partial charge < -0.3 is 24.8 Å². The molecule has 5 rings (SSSR count). The third-order valence-electron chi connectivity index (χ3n) is 6.41. The molecule has 9 nitrogen and oxygen atoms in total. The van der Waals surface area contributed by atoms with Crippen molar-refractivity contribution in [3.8, 4) is 17.2 Å². The van der Waals surface area contributed by atoms with E-state index in [9.17, 15) is 9.59 Å². The predicted octanol–water partition coefficient (Wildman–Crippen LogP) is 4.01. The number of hydrogen-bond acceptors (Lipinski definition) is 5. The molecule has 0 saturated carbocycles. The number of carbonyl (C=O) groups is 2. The zero-order chi connectivity index (χ0) is 25.2. The third-order valence-corrected chi connectivity index (χ3v) is 6.41. The number of nitrogens with zero attached hydrogens (tertiary/aromatic N) is 3.